The van der Waals surface area contributed by atoms with Gasteiger partial charge < -0.3 is 67.1 Å². The van der Waals surface area contributed by atoms with Gasteiger partial charge in [0.25, 0.3) is 16.6 Å². The minimum Gasteiger partial charge on any atom is -0.550 e. The fraction of sp³-hybridized carbons (Fsp3) is 0.446. The van der Waals surface area contributed by atoms with Crippen molar-refractivity contribution >= 4 is 57.7 Å². The number of carboxylic acids is 1. The zero-order chi connectivity index (χ0) is 56.8. The van der Waals surface area contributed by atoms with Gasteiger partial charge in [-0.3, -0.25) is 4.79 Å². The molecule has 0 unspecified atom stereocenters. The first-order chi connectivity index (χ1) is 35.2. The molecule has 0 spiro atoms. The Balaban J connectivity index is 0.000000682. The quantitative estimate of drug-likeness (QED) is 0.0620. The van der Waals surface area contributed by atoms with Gasteiger partial charge in [0.15, 0.2) is 40.3 Å². The van der Waals surface area contributed by atoms with Crippen molar-refractivity contribution in [3.8, 4) is 57.5 Å². The second-order valence-corrected chi connectivity index (χ2v) is 29.9. The number of hydrogen-bond acceptors (Lipinski definition) is 17. The van der Waals surface area contributed by atoms with Crippen molar-refractivity contribution in [1.29, 1.82) is 0 Å². The molecule has 0 aliphatic heterocycles. The van der Waals surface area contributed by atoms with Crippen LogP contribution in [0.5, 0.6) is 57.5 Å². The van der Waals surface area contributed by atoms with Crippen LogP contribution in [0.15, 0.2) is 65.8 Å². The second kappa shape index (κ2) is 30.1. The summed E-state index contributed by atoms with van der Waals surface area (Å²) in [6, 6.07) is 15.6. The van der Waals surface area contributed by atoms with Crippen LogP contribution < -0.4 is 87.3 Å². The van der Waals surface area contributed by atoms with Crippen molar-refractivity contribution < 1.29 is 101 Å². The number of nitrogens with two attached hydrogens (primary N) is 1. The van der Waals surface area contributed by atoms with Gasteiger partial charge in [-0.15, -0.1) is 12.4 Å². The van der Waals surface area contributed by atoms with Gasteiger partial charge in [0.2, 0.25) is 11.5 Å². The molecule has 17 nitrogen and oxygen atoms in total. The van der Waals surface area contributed by atoms with Gasteiger partial charge >= 0.3 is 29.6 Å². The molecule has 2 aliphatic rings. The Morgan fingerprint density at radius 1 is 0.545 bits per heavy atom. The molecule has 4 N–H and O–H groups in total. The molecule has 2 aliphatic carbocycles. The van der Waals surface area contributed by atoms with E-state index in [1.54, 1.807) is 63.0 Å². The molecule has 4 aromatic carbocycles. The Kier molecular flexibility index (Phi) is 27.2. The number of allylic oxidation sites excluding steroid dienone is 2. The van der Waals surface area contributed by atoms with Gasteiger partial charge in [-0.05, 0) is 144 Å². The largest absolute Gasteiger partial charge is 1.00 e. The number of hydrogen-bond donors (Lipinski definition) is 3. The van der Waals surface area contributed by atoms with E-state index in [4.69, 9.17) is 61.9 Å². The molecule has 0 atom stereocenters. The molecule has 420 valence electrons. The number of halogens is 1. The Morgan fingerprint density at radius 3 is 1.19 bits per heavy atom. The molecular weight excluding hydrogens is 1060 g/mol. The van der Waals surface area contributed by atoms with Crippen LogP contribution in [-0.4, -0.2) is 101 Å². The van der Waals surface area contributed by atoms with Gasteiger partial charge in [-0.25, -0.2) is 5.90 Å². The first kappa shape index (κ1) is 69.6. The summed E-state index contributed by atoms with van der Waals surface area (Å²) in [6.07, 6.45) is 5.68. The number of benzene rings is 4. The van der Waals surface area contributed by atoms with Crippen LogP contribution in [0.25, 0.3) is 11.1 Å². The molecule has 77 heavy (non-hydrogen) atoms. The average Bonchev–Trinajstić information content (AvgIpc) is 3.65. The van der Waals surface area contributed by atoms with E-state index in [2.05, 4.69) is 78.8 Å². The molecule has 0 fully saturated rings. The number of oxime groups is 1. The van der Waals surface area contributed by atoms with Gasteiger partial charge in [-0.1, -0.05) is 58.8 Å². The molecule has 0 saturated carbocycles. The minimum absolute atomic E-state index is 0. The average molecular weight is 1140 g/mol. The smallest absolute Gasteiger partial charge is 0.550 e. The molecule has 0 radical (unpaired) electrons. The summed E-state index contributed by atoms with van der Waals surface area (Å²) in [6.45, 7) is 23.0. The van der Waals surface area contributed by atoms with Crippen molar-refractivity contribution in [3.63, 3.8) is 0 Å². The summed E-state index contributed by atoms with van der Waals surface area (Å²) in [5.41, 5.74) is 7.66. The zero-order valence-electron chi connectivity index (χ0n) is 48.7. The number of methoxy groups -OCH3 is 8. The standard InChI is InChI=1S/C27H37NO6Si.C27H36O6Si.C2H4O2.ClH.H3NO.Na/c1-27(2,3)35(8,9)34-23-14-17(10-13-22(23)30-4)20-15-18(28-29)11-12-19-21(20)16-24(31-5)26(33-7)25(19)32-6;1-27(2,3)34(8,9)33-23-14-17(10-13-22(23)29-4)20-15-18(28)11-12-19-21(20)16-24(30-5)26(32-7)25(19)31-6;1-2(3)4;;1-2;/h10,13-16,29H,11-12H2,1-9H3;10,13-16H,11-12H2,1-9H3;1H3,(H,3,4);1H;2H,1H2;/q;;;;;+1/p-1/b28-18+;;;;;. The fourth-order valence-corrected chi connectivity index (χ4v) is 9.83. The topological polar surface area (TPSA) is 228 Å². The zero-order valence-corrected chi connectivity index (χ0v) is 53.6. The van der Waals surface area contributed by atoms with Crippen LogP contribution in [0, 0.1) is 0 Å². The third kappa shape index (κ3) is 16.8. The van der Waals surface area contributed by atoms with Gasteiger partial charge in [-0.2, -0.15) is 0 Å². The molecule has 0 saturated heterocycles. The van der Waals surface area contributed by atoms with E-state index in [0.717, 1.165) is 51.5 Å². The van der Waals surface area contributed by atoms with E-state index >= 15 is 0 Å². The van der Waals surface area contributed by atoms with E-state index in [1.165, 1.54) is 0 Å². The predicted octanol–water partition coefficient (Wildman–Crippen LogP) is 7.88. The molecule has 21 heteroatoms. The maximum absolute atomic E-state index is 12.8. The first-order valence-electron chi connectivity index (χ1n) is 24.2. The summed E-state index contributed by atoms with van der Waals surface area (Å²) in [5.74, 6) is 8.54. The Labute approximate surface area is 485 Å². The molecule has 4 aromatic rings. The number of carboxylic acid groups (broad SMARTS) is 1. The van der Waals surface area contributed by atoms with E-state index in [0.29, 0.717) is 88.9 Å². The molecule has 0 amide bonds. The summed E-state index contributed by atoms with van der Waals surface area (Å²) in [5, 5.41) is 28.7. The van der Waals surface area contributed by atoms with Crippen LogP contribution in [0.2, 0.25) is 36.3 Å². The van der Waals surface area contributed by atoms with Crippen molar-refractivity contribution in [2.24, 2.45) is 11.1 Å². The third-order valence-corrected chi connectivity index (χ3v) is 22.4. The number of nitrogens with zero attached hydrogens (tertiary/aromatic N) is 1. The summed E-state index contributed by atoms with van der Waals surface area (Å²) < 4.78 is 58.5. The molecular formula is C56H80ClN2NaO15Si2. The fourth-order valence-electron chi connectivity index (χ4n) is 7.80. The van der Waals surface area contributed by atoms with Crippen LogP contribution >= 0.6 is 12.4 Å². The number of fused-ring (bicyclic) bond motifs is 2. The van der Waals surface area contributed by atoms with E-state index in [1.807, 2.05) is 54.6 Å². The number of carbonyl (C=O) groups excluding carboxylic acids is 2. The van der Waals surface area contributed by atoms with Crippen LogP contribution in [0.3, 0.4) is 0 Å². The van der Waals surface area contributed by atoms with Crippen molar-refractivity contribution in [3.05, 3.63) is 94.1 Å². The summed E-state index contributed by atoms with van der Waals surface area (Å²) >= 11 is 0. The van der Waals surface area contributed by atoms with Gasteiger partial charge in [0, 0.05) is 23.5 Å². The Hall–Kier alpha value is -5.39. The monoisotopic (exact) mass is 1130 g/mol. The second-order valence-electron chi connectivity index (χ2n) is 20.5. The van der Waals surface area contributed by atoms with Crippen LogP contribution in [-0.2, 0) is 22.4 Å². The summed E-state index contributed by atoms with van der Waals surface area (Å²) in [4.78, 5) is 21.7. The van der Waals surface area contributed by atoms with E-state index in [-0.39, 0.29) is 57.8 Å². The Bertz CT molecular complexity index is 2750. The number of ether oxygens (including phenoxy) is 8. The first-order valence-corrected chi connectivity index (χ1v) is 30.0. The number of aliphatic carboxylic acids is 1. The van der Waals surface area contributed by atoms with Crippen molar-refractivity contribution in [2.45, 2.75) is 110 Å². The normalized spacial score (nSPS) is 13.5. The SMILES string of the molecule is CC(=O)[O-].COc1ccc(C2=C/C(=N/O)CCc3c2cc(OC)c(OC)c3OC)cc1O[Si](C)(C)C(C)(C)C.COc1ccc(C2=CC(=O)CCc3c2cc(OC)c(OC)c3OC)cc1O[Si](C)(C)C(C)(C)C.Cl.NO.[Na+]. The Morgan fingerprint density at radius 2 is 0.883 bits per heavy atom. The third-order valence-electron chi connectivity index (χ3n) is 13.7. The number of ketones is 1. The molecule has 0 aromatic heterocycles. The minimum atomic E-state index is -2.13. The number of rotatable bonds is 14. The van der Waals surface area contributed by atoms with E-state index < -0.39 is 22.6 Å². The maximum Gasteiger partial charge on any atom is 1.00 e. The molecule has 6 rings (SSSR count). The molecule has 0 heterocycles. The predicted molar refractivity (Wildman–Crippen MR) is 303 cm³/mol. The van der Waals surface area contributed by atoms with E-state index in [9.17, 15) is 10.0 Å². The number of carbonyl (C=O) groups is 2. The van der Waals surface area contributed by atoms with Gasteiger partial charge in [0.05, 0.1) is 62.6 Å². The molecule has 0 bridgehead atoms. The van der Waals surface area contributed by atoms with Crippen molar-refractivity contribution in [1.82, 2.24) is 0 Å². The van der Waals surface area contributed by atoms with Gasteiger partial charge in [0.1, 0.15) is 11.5 Å². The van der Waals surface area contributed by atoms with Crippen molar-refractivity contribution in [2.75, 3.05) is 56.9 Å². The van der Waals surface area contributed by atoms with Crippen LogP contribution in [0.4, 0.5) is 0 Å². The van der Waals surface area contributed by atoms with Crippen LogP contribution in [0.1, 0.15) is 94.7 Å². The maximum atomic E-state index is 12.8. The summed E-state index contributed by atoms with van der Waals surface area (Å²) in [7, 11) is 8.61.